The van der Waals surface area contributed by atoms with E-state index >= 15 is 0 Å². The van der Waals surface area contributed by atoms with Gasteiger partial charge in [-0.2, -0.15) is 0 Å². The van der Waals surface area contributed by atoms with E-state index in [1.807, 2.05) is 0 Å². The molecule has 2 aromatic rings. The number of methoxy groups -OCH3 is 1. The lowest BCUT2D eigenvalue weighted by atomic mass is 10.1. The van der Waals surface area contributed by atoms with Crippen LogP contribution in [0.25, 0.3) is 17.4 Å². The van der Waals surface area contributed by atoms with Crippen LogP contribution < -0.4 is 10.6 Å². The van der Waals surface area contributed by atoms with E-state index in [4.69, 9.17) is 28.2 Å². The monoisotopic (exact) mass is 390 g/mol. The summed E-state index contributed by atoms with van der Waals surface area (Å²) in [4.78, 5) is 35.4. The summed E-state index contributed by atoms with van der Waals surface area (Å²) in [6, 6.07) is 7.78. The smallest absolute Gasteiger partial charge is 0.337 e. The van der Waals surface area contributed by atoms with Crippen LogP contribution >= 0.6 is 23.8 Å². The molecule has 1 saturated heterocycles. The third-order valence-electron chi connectivity index (χ3n) is 3.51. The number of hydrogen-bond acceptors (Lipinski definition) is 6. The van der Waals surface area contributed by atoms with E-state index in [0.717, 1.165) is 0 Å². The van der Waals surface area contributed by atoms with Gasteiger partial charge in [0.05, 0.1) is 17.7 Å². The normalized spacial score (nSPS) is 13.9. The maximum Gasteiger partial charge on any atom is 0.337 e. The van der Waals surface area contributed by atoms with Crippen molar-refractivity contribution in [3.8, 4) is 11.3 Å². The van der Waals surface area contributed by atoms with E-state index in [1.165, 1.54) is 25.3 Å². The first-order valence-electron chi connectivity index (χ1n) is 7.25. The average Bonchev–Trinajstić information content (AvgIpc) is 3.06. The second-order valence-corrected chi connectivity index (χ2v) is 6.00. The molecule has 26 heavy (non-hydrogen) atoms. The van der Waals surface area contributed by atoms with Gasteiger partial charge in [-0.1, -0.05) is 11.6 Å². The predicted molar refractivity (Wildman–Crippen MR) is 97.4 cm³/mol. The molecule has 0 atom stereocenters. The minimum atomic E-state index is -0.623. The molecule has 2 heterocycles. The highest BCUT2D eigenvalue weighted by Gasteiger charge is 2.26. The molecule has 7 nitrogen and oxygen atoms in total. The number of rotatable bonds is 3. The fourth-order valence-corrected chi connectivity index (χ4v) is 2.68. The van der Waals surface area contributed by atoms with E-state index in [2.05, 4.69) is 15.4 Å². The first kappa shape index (κ1) is 17.8. The van der Waals surface area contributed by atoms with Gasteiger partial charge in [0.2, 0.25) is 0 Å². The van der Waals surface area contributed by atoms with Crippen LogP contribution in [0.5, 0.6) is 0 Å². The summed E-state index contributed by atoms with van der Waals surface area (Å²) in [6.07, 6.45) is 1.29. The van der Waals surface area contributed by atoms with Gasteiger partial charge in [0.15, 0.2) is 5.11 Å². The Morgan fingerprint density at radius 2 is 1.88 bits per heavy atom. The molecular weight excluding hydrogens is 380 g/mol. The number of amides is 2. The number of nitrogens with one attached hydrogen (secondary N) is 2. The number of hydrogen-bond donors (Lipinski definition) is 2. The van der Waals surface area contributed by atoms with Crippen LogP contribution in [0.2, 0.25) is 5.02 Å². The summed E-state index contributed by atoms with van der Waals surface area (Å²) in [5.74, 6) is -1.14. The van der Waals surface area contributed by atoms with Gasteiger partial charge >= 0.3 is 5.97 Å². The van der Waals surface area contributed by atoms with Gasteiger partial charge in [0, 0.05) is 5.56 Å². The van der Waals surface area contributed by atoms with Crippen molar-refractivity contribution in [1.29, 1.82) is 0 Å². The molecule has 1 aliphatic rings. The van der Waals surface area contributed by atoms with Gasteiger partial charge in [-0.05, 0) is 48.6 Å². The molecule has 0 bridgehead atoms. The molecule has 0 aliphatic carbocycles. The third-order valence-corrected chi connectivity index (χ3v) is 4.04. The fourth-order valence-electron chi connectivity index (χ4n) is 2.28. The van der Waals surface area contributed by atoms with Gasteiger partial charge in [-0.25, -0.2) is 4.79 Å². The SMILES string of the molecule is COC(=O)c1ccc(Cl)c(-c2ccc(C=C3C(=O)NC(=S)NC3=O)o2)c1. The van der Waals surface area contributed by atoms with E-state index in [-0.39, 0.29) is 16.4 Å². The van der Waals surface area contributed by atoms with Crippen molar-refractivity contribution in [2.45, 2.75) is 0 Å². The number of thiocarbonyl (C=S) groups is 1. The average molecular weight is 391 g/mol. The number of carbonyl (C=O) groups excluding carboxylic acids is 3. The van der Waals surface area contributed by atoms with Gasteiger partial charge in [-0.3, -0.25) is 20.2 Å². The van der Waals surface area contributed by atoms with Crippen LogP contribution in [0.3, 0.4) is 0 Å². The number of benzene rings is 1. The van der Waals surface area contributed by atoms with Crippen LogP contribution in [0, 0.1) is 0 Å². The lowest BCUT2D eigenvalue weighted by Crippen LogP contribution is -2.51. The van der Waals surface area contributed by atoms with E-state index < -0.39 is 17.8 Å². The predicted octanol–water partition coefficient (Wildman–Crippen LogP) is 2.30. The molecule has 2 amide bonds. The quantitative estimate of drug-likeness (QED) is 0.361. The molecule has 0 unspecified atom stereocenters. The lowest BCUT2D eigenvalue weighted by molar-refractivity contribution is -0.123. The zero-order valence-corrected chi connectivity index (χ0v) is 14.9. The van der Waals surface area contributed by atoms with Crippen molar-refractivity contribution in [2.24, 2.45) is 0 Å². The van der Waals surface area contributed by atoms with E-state index in [1.54, 1.807) is 18.2 Å². The first-order chi connectivity index (χ1) is 12.4. The zero-order chi connectivity index (χ0) is 18.8. The lowest BCUT2D eigenvalue weighted by Gasteiger charge is -2.15. The van der Waals surface area contributed by atoms with Crippen LogP contribution in [0.4, 0.5) is 0 Å². The minimum Gasteiger partial charge on any atom is -0.465 e. The maximum atomic E-state index is 11.9. The Labute approximate surface area is 158 Å². The Morgan fingerprint density at radius 1 is 1.19 bits per heavy atom. The highest BCUT2D eigenvalue weighted by atomic mass is 35.5. The molecule has 3 rings (SSSR count). The summed E-state index contributed by atoms with van der Waals surface area (Å²) in [5, 5.41) is 4.98. The molecule has 0 spiro atoms. The number of halogens is 1. The third kappa shape index (κ3) is 3.51. The van der Waals surface area contributed by atoms with E-state index in [9.17, 15) is 14.4 Å². The second-order valence-electron chi connectivity index (χ2n) is 5.18. The summed E-state index contributed by atoms with van der Waals surface area (Å²) >= 11 is 10.9. The number of esters is 1. The van der Waals surface area contributed by atoms with Gasteiger partial charge in [-0.15, -0.1) is 0 Å². The van der Waals surface area contributed by atoms with Crippen molar-refractivity contribution in [2.75, 3.05) is 7.11 Å². The summed E-state index contributed by atoms with van der Waals surface area (Å²) < 4.78 is 10.3. The molecule has 1 fully saturated rings. The number of carbonyl (C=O) groups is 3. The number of ether oxygens (including phenoxy) is 1. The van der Waals surface area contributed by atoms with Crippen molar-refractivity contribution in [1.82, 2.24) is 10.6 Å². The number of furan rings is 1. The molecule has 132 valence electrons. The summed E-state index contributed by atoms with van der Waals surface area (Å²) in [5.41, 5.74) is 0.634. The molecule has 1 aromatic heterocycles. The molecule has 1 aliphatic heterocycles. The molecule has 0 saturated carbocycles. The fraction of sp³-hybridized carbons (Fsp3) is 0.0588. The van der Waals surface area contributed by atoms with Crippen LogP contribution in [-0.4, -0.2) is 30.0 Å². The largest absolute Gasteiger partial charge is 0.465 e. The second kappa shape index (κ2) is 7.11. The zero-order valence-electron chi connectivity index (χ0n) is 13.3. The van der Waals surface area contributed by atoms with Crippen LogP contribution in [-0.2, 0) is 14.3 Å². The Hall–Kier alpha value is -2.97. The Bertz CT molecular complexity index is 957. The Morgan fingerprint density at radius 3 is 2.54 bits per heavy atom. The van der Waals surface area contributed by atoms with Crippen LogP contribution in [0.1, 0.15) is 16.1 Å². The highest BCUT2D eigenvalue weighted by molar-refractivity contribution is 7.80. The molecule has 9 heteroatoms. The van der Waals surface area contributed by atoms with Crippen molar-refractivity contribution < 1.29 is 23.5 Å². The van der Waals surface area contributed by atoms with Gasteiger partial charge in [0.25, 0.3) is 11.8 Å². The topological polar surface area (TPSA) is 97.6 Å². The minimum absolute atomic E-state index is 0.0521. The van der Waals surface area contributed by atoms with Crippen LogP contribution in [0.15, 0.2) is 40.3 Å². The molecule has 1 aromatic carbocycles. The first-order valence-corrected chi connectivity index (χ1v) is 8.04. The van der Waals surface area contributed by atoms with Crippen molar-refractivity contribution in [3.63, 3.8) is 0 Å². The summed E-state index contributed by atoms with van der Waals surface area (Å²) in [6.45, 7) is 0. The van der Waals surface area contributed by atoms with Crippen molar-refractivity contribution >= 4 is 52.8 Å². The molecule has 0 radical (unpaired) electrons. The van der Waals surface area contributed by atoms with Gasteiger partial charge < -0.3 is 9.15 Å². The summed E-state index contributed by atoms with van der Waals surface area (Å²) in [7, 11) is 1.28. The maximum absolute atomic E-state index is 11.9. The van der Waals surface area contributed by atoms with Gasteiger partial charge in [0.1, 0.15) is 17.1 Å². The molecule has 2 N–H and O–H groups in total. The molecular formula is C17H11ClN2O5S. The highest BCUT2D eigenvalue weighted by Crippen LogP contribution is 2.31. The van der Waals surface area contributed by atoms with Crippen molar-refractivity contribution in [3.05, 3.63) is 52.3 Å². The Balaban J connectivity index is 1.95. The van der Waals surface area contributed by atoms with E-state index in [0.29, 0.717) is 21.9 Å². The standard InChI is InChI=1S/C17H11ClN2O5S/c1-24-16(23)8-2-4-12(18)10(6-8)13-5-3-9(25-13)7-11-14(21)19-17(26)20-15(11)22/h2-7H,1H3,(H2,19,20,21,22,26). The Kier molecular flexibility index (Phi) is 4.88.